The Balaban J connectivity index is 1.56. The van der Waals surface area contributed by atoms with Crippen molar-refractivity contribution < 1.29 is 9.21 Å². The summed E-state index contributed by atoms with van der Waals surface area (Å²) in [5.41, 5.74) is 6.80. The van der Waals surface area contributed by atoms with Crippen molar-refractivity contribution in [3.8, 4) is 0 Å². The third-order valence-corrected chi connectivity index (χ3v) is 5.93. The van der Waals surface area contributed by atoms with Crippen LogP contribution in [0.25, 0.3) is 21.7 Å². The second-order valence-electron chi connectivity index (χ2n) is 7.71. The van der Waals surface area contributed by atoms with E-state index in [0.717, 1.165) is 16.2 Å². The first kappa shape index (κ1) is 17.6. The van der Waals surface area contributed by atoms with Crippen LogP contribution in [-0.4, -0.2) is 17.6 Å². The van der Waals surface area contributed by atoms with Crippen molar-refractivity contribution >= 4 is 45.0 Å². The summed E-state index contributed by atoms with van der Waals surface area (Å²) in [4.78, 5) is 34.6. The maximum absolute atomic E-state index is 13.0. The molecule has 0 bridgehead atoms. The molecular weight excluding hydrogens is 392 g/mol. The molecule has 0 aliphatic carbocycles. The topological polar surface area (TPSA) is 110 Å². The van der Waals surface area contributed by atoms with E-state index in [1.165, 1.54) is 0 Å². The van der Waals surface area contributed by atoms with Crippen LogP contribution in [0, 0.1) is 0 Å². The average Bonchev–Trinajstić information content (AvgIpc) is 3.03. The molecule has 31 heavy (non-hydrogen) atoms. The Bertz CT molecular complexity index is 1550. The number of aliphatic imine (C=N–C) groups is 2. The van der Waals surface area contributed by atoms with E-state index in [9.17, 15) is 9.59 Å². The molecular formula is C24H16N4O3. The summed E-state index contributed by atoms with van der Waals surface area (Å²) < 4.78 is 5.62. The fraction of sp³-hybridized carbons (Fsp3) is 0.0833. The Morgan fingerprint density at radius 3 is 2.68 bits per heavy atom. The van der Waals surface area contributed by atoms with E-state index in [0.29, 0.717) is 22.5 Å². The van der Waals surface area contributed by atoms with Gasteiger partial charge in [-0.1, -0.05) is 48.5 Å². The summed E-state index contributed by atoms with van der Waals surface area (Å²) in [5, 5.41) is 5.64. The molecule has 6 rings (SSSR count). The van der Waals surface area contributed by atoms with Crippen LogP contribution in [0.2, 0.25) is 0 Å². The number of amides is 1. The second-order valence-corrected chi connectivity index (χ2v) is 7.71. The van der Waals surface area contributed by atoms with Crippen LogP contribution in [-0.2, 0) is 10.3 Å². The summed E-state index contributed by atoms with van der Waals surface area (Å²) in [6.07, 6.45) is 0.109. The van der Waals surface area contributed by atoms with Crippen LogP contribution in [0.3, 0.4) is 0 Å². The van der Waals surface area contributed by atoms with E-state index >= 15 is 0 Å². The van der Waals surface area contributed by atoms with Crippen LogP contribution in [0.1, 0.15) is 17.5 Å². The Morgan fingerprint density at radius 2 is 1.77 bits per heavy atom. The van der Waals surface area contributed by atoms with Gasteiger partial charge in [-0.2, -0.15) is 0 Å². The van der Waals surface area contributed by atoms with Gasteiger partial charge >= 0.3 is 5.63 Å². The number of fused-ring (bicyclic) bond motifs is 5. The third kappa shape index (κ3) is 2.46. The highest BCUT2D eigenvalue weighted by Crippen LogP contribution is 2.43. The number of carbonyl (C=O) groups is 1. The molecule has 1 amide bonds. The molecule has 4 aromatic rings. The molecule has 3 heterocycles. The van der Waals surface area contributed by atoms with E-state index in [1.54, 1.807) is 12.1 Å². The molecule has 2 aliphatic rings. The van der Waals surface area contributed by atoms with Crippen molar-refractivity contribution in [1.82, 2.24) is 0 Å². The predicted molar refractivity (Wildman–Crippen MR) is 120 cm³/mol. The highest BCUT2D eigenvalue weighted by atomic mass is 16.4. The smallest absolute Gasteiger partial charge is 0.345 e. The van der Waals surface area contributed by atoms with Crippen LogP contribution in [0.4, 0.5) is 5.69 Å². The lowest BCUT2D eigenvalue weighted by molar-refractivity contribution is -0.120. The Labute approximate surface area is 175 Å². The van der Waals surface area contributed by atoms with E-state index in [2.05, 4.69) is 15.3 Å². The average molecular weight is 408 g/mol. The van der Waals surface area contributed by atoms with Crippen molar-refractivity contribution in [2.75, 3.05) is 5.32 Å². The van der Waals surface area contributed by atoms with Gasteiger partial charge in [0.15, 0.2) is 5.54 Å². The number of hydrogen-bond donors (Lipinski definition) is 2. The van der Waals surface area contributed by atoms with Gasteiger partial charge in [-0.05, 0) is 29.0 Å². The van der Waals surface area contributed by atoms with Crippen molar-refractivity contribution in [2.45, 2.75) is 12.0 Å². The molecule has 3 aromatic carbocycles. The number of anilines is 1. The minimum atomic E-state index is -1.25. The molecule has 150 valence electrons. The molecule has 0 saturated carbocycles. The molecule has 3 N–H and O–H groups in total. The summed E-state index contributed by atoms with van der Waals surface area (Å²) >= 11 is 0. The summed E-state index contributed by atoms with van der Waals surface area (Å²) in [6.45, 7) is 0. The molecule has 1 atom stereocenters. The number of carbonyl (C=O) groups excluding carboxylic acids is 1. The lowest BCUT2D eigenvalue weighted by Gasteiger charge is -2.27. The second kappa shape index (κ2) is 6.12. The molecule has 0 radical (unpaired) electrons. The molecule has 0 saturated heterocycles. The molecule has 0 fully saturated rings. The summed E-state index contributed by atoms with van der Waals surface area (Å²) in [7, 11) is 0. The van der Waals surface area contributed by atoms with Gasteiger partial charge in [0.2, 0.25) is 5.96 Å². The van der Waals surface area contributed by atoms with Gasteiger partial charge in [0.05, 0.1) is 11.3 Å². The number of rotatable bonds is 1. The maximum Gasteiger partial charge on any atom is 0.345 e. The van der Waals surface area contributed by atoms with Gasteiger partial charge in [-0.3, -0.25) is 4.79 Å². The van der Waals surface area contributed by atoms with E-state index in [-0.39, 0.29) is 23.9 Å². The van der Waals surface area contributed by atoms with Gasteiger partial charge in [0.1, 0.15) is 5.58 Å². The minimum absolute atomic E-state index is 0.0504. The molecule has 1 unspecified atom stereocenters. The first-order valence-corrected chi connectivity index (χ1v) is 9.85. The lowest BCUT2D eigenvalue weighted by Crippen LogP contribution is -2.41. The quantitative estimate of drug-likeness (QED) is 0.372. The van der Waals surface area contributed by atoms with E-state index in [1.807, 2.05) is 54.6 Å². The summed E-state index contributed by atoms with van der Waals surface area (Å²) in [5.74, 6) is -0.342. The van der Waals surface area contributed by atoms with Gasteiger partial charge in [-0.15, -0.1) is 0 Å². The monoisotopic (exact) mass is 408 g/mol. The number of para-hydroxylation sites is 1. The Hall–Kier alpha value is -4.26. The fourth-order valence-corrected chi connectivity index (χ4v) is 4.50. The van der Waals surface area contributed by atoms with Gasteiger partial charge in [-0.25, -0.2) is 14.8 Å². The normalized spacial score (nSPS) is 19.9. The SMILES string of the molecule is NC1=NC2(CC(c3cc4c(ccc5ccccc54)oc3=O)=N1)C(=O)Nc1ccccc12. The van der Waals surface area contributed by atoms with E-state index in [4.69, 9.17) is 10.2 Å². The molecule has 1 spiro atoms. The standard InChI is InChI=1S/C24H16N4O3/c25-23-27-19(12-24(28-23)17-7-3-4-8-18(17)26-22(24)30)16-11-15-14-6-2-1-5-13(14)9-10-20(15)31-21(16)29/h1-11H,12H2,(H2,25,28)(H,26,30). The third-order valence-electron chi connectivity index (χ3n) is 5.93. The summed E-state index contributed by atoms with van der Waals surface area (Å²) in [6, 6.07) is 20.7. The first-order valence-electron chi connectivity index (χ1n) is 9.85. The van der Waals surface area contributed by atoms with Crippen LogP contribution >= 0.6 is 0 Å². The highest BCUT2D eigenvalue weighted by Gasteiger charge is 2.49. The number of nitrogens with one attached hydrogen (secondary N) is 1. The maximum atomic E-state index is 13.0. The molecule has 7 heteroatoms. The number of nitrogens with zero attached hydrogens (tertiary/aromatic N) is 2. The number of benzene rings is 3. The number of nitrogens with two attached hydrogens (primary N) is 1. The molecule has 2 aliphatic heterocycles. The zero-order valence-corrected chi connectivity index (χ0v) is 16.3. The Morgan fingerprint density at radius 1 is 0.968 bits per heavy atom. The number of guanidine groups is 1. The van der Waals surface area contributed by atoms with Crippen molar-refractivity contribution in [1.29, 1.82) is 0 Å². The zero-order chi connectivity index (χ0) is 21.2. The van der Waals surface area contributed by atoms with Crippen molar-refractivity contribution in [3.63, 3.8) is 0 Å². The van der Waals surface area contributed by atoms with Crippen molar-refractivity contribution in [2.24, 2.45) is 15.7 Å². The first-order chi connectivity index (χ1) is 15.0. The predicted octanol–water partition coefficient (Wildman–Crippen LogP) is 3.30. The van der Waals surface area contributed by atoms with Crippen LogP contribution in [0.5, 0.6) is 0 Å². The molecule has 7 nitrogen and oxygen atoms in total. The zero-order valence-electron chi connectivity index (χ0n) is 16.3. The largest absolute Gasteiger partial charge is 0.422 e. The fourth-order valence-electron chi connectivity index (χ4n) is 4.50. The number of hydrogen-bond acceptors (Lipinski definition) is 6. The van der Waals surface area contributed by atoms with E-state index < -0.39 is 11.2 Å². The molecule has 1 aromatic heterocycles. The minimum Gasteiger partial charge on any atom is -0.422 e. The van der Waals surface area contributed by atoms with Gasteiger partial charge in [0, 0.05) is 23.1 Å². The lowest BCUT2D eigenvalue weighted by atomic mass is 9.84. The van der Waals surface area contributed by atoms with Crippen LogP contribution in [0.15, 0.2) is 85.9 Å². The van der Waals surface area contributed by atoms with Crippen LogP contribution < -0.4 is 16.7 Å². The Kier molecular flexibility index (Phi) is 3.47. The van der Waals surface area contributed by atoms with Crippen molar-refractivity contribution in [3.05, 3.63) is 88.3 Å². The van der Waals surface area contributed by atoms with Gasteiger partial charge < -0.3 is 15.5 Å². The highest BCUT2D eigenvalue weighted by molar-refractivity contribution is 6.17. The van der Waals surface area contributed by atoms with Gasteiger partial charge in [0.25, 0.3) is 5.91 Å².